The largest absolute Gasteiger partial charge is 0.497 e. The molecule has 0 aliphatic heterocycles. The van der Waals surface area contributed by atoms with Gasteiger partial charge in [-0.3, -0.25) is 9.59 Å². The van der Waals surface area contributed by atoms with Crippen LogP contribution < -0.4 is 15.4 Å². The van der Waals surface area contributed by atoms with Gasteiger partial charge in [0.15, 0.2) is 8.68 Å². The zero-order valence-electron chi connectivity index (χ0n) is 15.2. The van der Waals surface area contributed by atoms with Gasteiger partial charge in [-0.05, 0) is 24.1 Å². The molecule has 0 aliphatic carbocycles. The van der Waals surface area contributed by atoms with E-state index < -0.39 is 0 Å². The molecular weight excluding hydrogens is 404 g/mol. The third-order valence-corrected chi connectivity index (χ3v) is 6.45. The van der Waals surface area contributed by atoms with Crippen molar-refractivity contribution >= 4 is 46.7 Å². The van der Waals surface area contributed by atoms with Gasteiger partial charge in [0.05, 0.1) is 18.6 Å². The Bertz CT molecular complexity index is 737. The smallest absolute Gasteiger partial charge is 0.230 e. The van der Waals surface area contributed by atoms with Crippen LogP contribution in [-0.4, -0.2) is 47.2 Å². The molecule has 0 bridgehead atoms. The second kappa shape index (κ2) is 11.8. The highest BCUT2D eigenvalue weighted by molar-refractivity contribution is 8.03. The van der Waals surface area contributed by atoms with Crippen molar-refractivity contribution in [2.45, 2.75) is 28.6 Å². The van der Waals surface area contributed by atoms with E-state index in [0.717, 1.165) is 22.1 Å². The van der Waals surface area contributed by atoms with Crippen LogP contribution in [0.5, 0.6) is 5.75 Å². The van der Waals surface area contributed by atoms with Crippen molar-refractivity contribution in [3.8, 4) is 5.75 Å². The zero-order valence-corrected chi connectivity index (χ0v) is 17.6. The first-order valence-electron chi connectivity index (χ1n) is 8.36. The number of nitrogens with one attached hydrogen (secondary N) is 2. The molecule has 0 aliphatic rings. The van der Waals surface area contributed by atoms with E-state index in [1.54, 1.807) is 7.11 Å². The Morgan fingerprint density at radius 2 is 1.63 bits per heavy atom. The molecule has 0 spiro atoms. The number of nitrogens with zero attached hydrogens (tertiary/aromatic N) is 2. The van der Waals surface area contributed by atoms with Crippen molar-refractivity contribution < 1.29 is 14.3 Å². The van der Waals surface area contributed by atoms with Crippen LogP contribution in [0.3, 0.4) is 0 Å². The summed E-state index contributed by atoms with van der Waals surface area (Å²) in [7, 11) is 1.62. The lowest BCUT2D eigenvalue weighted by atomic mass is 10.2. The third kappa shape index (κ3) is 8.19. The number of benzene rings is 1. The van der Waals surface area contributed by atoms with Crippen molar-refractivity contribution in [3.05, 3.63) is 29.8 Å². The SMILES string of the molecule is CCCNC(=O)CSc1nnc(SCC(=O)NCc2ccc(OC)cc2)s1. The number of amides is 2. The number of methoxy groups -OCH3 is 1. The predicted octanol–water partition coefficient (Wildman–Crippen LogP) is 2.57. The van der Waals surface area contributed by atoms with Gasteiger partial charge in [0.2, 0.25) is 11.8 Å². The summed E-state index contributed by atoms with van der Waals surface area (Å²) in [6.45, 7) is 3.16. The fraction of sp³-hybridized carbons (Fsp3) is 0.412. The van der Waals surface area contributed by atoms with Gasteiger partial charge in [-0.1, -0.05) is 53.9 Å². The van der Waals surface area contributed by atoms with Crippen LogP contribution in [0.1, 0.15) is 18.9 Å². The van der Waals surface area contributed by atoms with Crippen LogP contribution in [0, 0.1) is 0 Å². The first-order valence-corrected chi connectivity index (χ1v) is 11.1. The molecule has 10 heteroatoms. The van der Waals surface area contributed by atoms with Gasteiger partial charge in [0.1, 0.15) is 5.75 Å². The molecule has 2 rings (SSSR count). The third-order valence-electron chi connectivity index (χ3n) is 3.26. The highest BCUT2D eigenvalue weighted by atomic mass is 32.2. The van der Waals surface area contributed by atoms with Crippen molar-refractivity contribution in [2.75, 3.05) is 25.2 Å². The Labute approximate surface area is 171 Å². The van der Waals surface area contributed by atoms with Crippen LogP contribution in [0.4, 0.5) is 0 Å². The van der Waals surface area contributed by atoms with Crippen LogP contribution in [0.2, 0.25) is 0 Å². The molecule has 0 saturated carbocycles. The summed E-state index contributed by atoms with van der Waals surface area (Å²) in [6.07, 6.45) is 0.913. The molecule has 0 fully saturated rings. The molecule has 0 atom stereocenters. The molecule has 2 amide bonds. The topological polar surface area (TPSA) is 93.2 Å². The van der Waals surface area contributed by atoms with Gasteiger partial charge in [-0.2, -0.15) is 0 Å². The lowest BCUT2D eigenvalue weighted by molar-refractivity contribution is -0.119. The van der Waals surface area contributed by atoms with E-state index >= 15 is 0 Å². The number of carbonyl (C=O) groups is 2. The van der Waals surface area contributed by atoms with Gasteiger partial charge in [-0.25, -0.2) is 0 Å². The van der Waals surface area contributed by atoms with Crippen LogP contribution in [0.25, 0.3) is 0 Å². The maximum absolute atomic E-state index is 12.0. The minimum absolute atomic E-state index is 0.0100. The summed E-state index contributed by atoms with van der Waals surface area (Å²) in [5.74, 6) is 1.30. The highest BCUT2D eigenvalue weighted by Gasteiger charge is 2.10. The van der Waals surface area contributed by atoms with Crippen LogP contribution in [0.15, 0.2) is 32.9 Å². The normalized spacial score (nSPS) is 10.4. The van der Waals surface area contributed by atoms with Gasteiger partial charge >= 0.3 is 0 Å². The summed E-state index contributed by atoms with van der Waals surface area (Å²) in [4.78, 5) is 23.6. The second-order valence-electron chi connectivity index (χ2n) is 5.39. The minimum Gasteiger partial charge on any atom is -0.497 e. The Morgan fingerprint density at radius 3 is 2.19 bits per heavy atom. The van der Waals surface area contributed by atoms with Gasteiger partial charge < -0.3 is 15.4 Å². The summed E-state index contributed by atoms with van der Waals surface area (Å²) >= 11 is 4.08. The Hall–Kier alpha value is -1.78. The van der Waals surface area contributed by atoms with Gasteiger partial charge in [0.25, 0.3) is 0 Å². The molecule has 0 radical (unpaired) electrons. The maximum atomic E-state index is 12.0. The van der Waals surface area contributed by atoms with E-state index in [-0.39, 0.29) is 17.6 Å². The lowest BCUT2D eigenvalue weighted by Crippen LogP contribution is -2.25. The van der Waals surface area contributed by atoms with Crippen molar-refractivity contribution in [1.29, 1.82) is 0 Å². The summed E-state index contributed by atoms with van der Waals surface area (Å²) < 4.78 is 6.54. The molecule has 27 heavy (non-hydrogen) atoms. The predicted molar refractivity (Wildman–Crippen MR) is 109 cm³/mol. The standard InChI is InChI=1S/C17H22N4O3S3/c1-3-8-18-14(22)10-25-16-20-21-17(27-16)26-11-15(23)19-9-12-4-6-13(24-2)7-5-12/h4-7H,3,8-11H2,1-2H3,(H,18,22)(H,19,23). The fourth-order valence-electron chi connectivity index (χ4n) is 1.88. The zero-order chi connectivity index (χ0) is 19.5. The van der Waals surface area contributed by atoms with Gasteiger partial charge in [-0.15, -0.1) is 10.2 Å². The lowest BCUT2D eigenvalue weighted by Gasteiger charge is -2.05. The number of rotatable bonds is 11. The van der Waals surface area contributed by atoms with Crippen LogP contribution >= 0.6 is 34.9 Å². The van der Waals surface area contributed by atoms with E-state index in [2.05, 4.69) is 20.8 Å². The molecule has 146 valence electrons. The number of carbonyl (C=O) groups excluding carboxylic acids is 2. The molecule has 1 aromatic heterocycles. The number of ether oxygens (including phenoxy) is 1. The molecule has 0 saturated heterocycles. The fourth-order valence-corrected chi connectivity index (χ4v) is 4.56. The van der Waals surface area contributed by atoms with E-state index in [1.807, 2.05) is 31.2 Å². The monoisotopic (exact) mass is 426 g/mol. The highest BCUT2D eigenvalue weighted by Crippen LogP contribution is 2.28. The summed E-state index contributed by atoms with van der Waals surface area (Å²) in [5, 5.41) is 13.8. The molecule has 0 unspecified atom stereocenters. The van der Waals surface area contributed by atoms with Crippen molar-refractivity contribution in [1.82, 2.24) is 20.8 Å². The number of hydrogen-bond acceptors (Lipinski definition) is 8. The molecule has 1 aromatic carbocycles. The molecule has 1 heterocycles. The number of hydrogen-bond donors (Lipinski definition) is 2. The Morgan fingerprint density at radius 1 is 1.04 bits per heavy atom. The molecular formula is C17H22N4O3S3. The Balaban J connectivity index is 1.67. The quantitative estimate of drug-likeness (QED) is 0.534. The number of thioether (sulfide) groups is 2. The first kappa shape index (κ1) is 21.5. The van der Waals surface area contributed by atoms with Crippen LogP contribution in [-0.2, 0) is 16.1 Å². The Kier molecular flexibility index (Phi) is 9.43. The molecule has 7 nitrogen and oxygen atoms in total. The second-order valence-corrected chi connectivity index (χ2v) is 8.81. The van der Waals surface area contributed by atoms with Gasteiger partial charge in [0, 0.05) is 13.1 Å². The van der Waals surface area contributed by atoms with E-state index in [1.165, 1.54) is 34.9 Å². The number of aromatic nitrogens is 2. The summed E-state index contributed by atoms with van der Waals surface area (Å²) in [5.41, 5.74) is 1.00. The molecule has 2 aromatic rings. The van der Waals surface area contributed by atoms with Crippen molar-refractivity contribution in [3.63, 3.8) is 0 Å². The summed E-state index contributed by atoms with van der Waals surface area (Å²) in [6, 6.07) is 7.55. The van der Waals surface area contributed by atoms with Crippen molar-refractivity contribution in [2.24, 2.45) is 0 Å². The van der Waals surface area contributed by atoms with E-state index in [4.69, 9.17) is 4.74 Å². The first-order chi connectivity index (χ1) is 13.1. The van der Waals surface area contributed by atoms with E-state index in [0.29, 0.717) is 23.2 Å². The minimum atomic E-state index is -0.0702. The maximum Gasteiger partial charge on any atom is 0.230 e. The molecule has 2 N–H and O–H groups in total. The average Bonchev–Trinajstić information content (AvgIpc) is 3.15. The average molecular weight is 427 g/mol. The van der Waals surface area contributed by atoms with E-state index in [9.17, 15) is 9.59 Å².